The maximum absolute atomic E-state index is 11.4. The lowest BCUT2D eigenvalue weighted by Crippen LogP contribution is -1.96. The van der Waals surface area contributed by atoms with E-state index in [9.17, 15) is 4.79 Å². The molecule has 1 aromatic heterocycles. The van der Waals surface area contributed by atoms with Crippen molar-refractivity contribution in [3.63, 3.8) is 0 Å². The molecule has 0 aliphatic rings. The van der Waals surface area contributed by atoms with Gasteiger partial charge in [-0.1, -0.05) is 28.9 Å². The summed E-state index contributed by atoms with van der Waals surface area (Å²) in [6.45, 7) is 1.83. The van der Waals surface area contributed by atoms with Crippen LogP contribution in [0.2, 0.25) is 0 Å². The summed E-state index contributed by atoms with van der Waals surface area (Å²) in [5.74, 6) is 0.0637. The average Bonchev–Trinajstić information content (AvgIpc) is 2.77. The van der Waals surface area contributed by atoms with Gasteiger partial charge >= 0.3 is 0 Å². The first-order chi connectivity index (χ1) is 7.70. The van der Waals surface area contributed by atoms with Gasteiger partial charge in [0.1, 0.15) is 12.0 Å². The molecule has 82 valence electrons. The van der Waals surface area contributed by atoms with Gasteiger partial charge in [0.25, 0.3) is 0 Å². The first kappa shape index (κ1) is 11.1. The Morgan fingerprint density at radius 3 is 3.00 bits per heavy atom. The molecule has 0 unspecified atom stereocenters. The van der Waals surface area contributed by atoms with E-state index in [0.29, 0.717) is 12.1 Å². The summed E-state index contributed by atoms with van der Waals surface area (Å²) >= 11 is 3.41. The highest BCUT2D eigenvalue weighted by atomic mass is 79.9. The molecule has 3 nitrogen and oxygen atoms in total. The van der Waals surface area contributed by atoms with E-state index >= 15 is 0 Å². The highest BCUT2D eigenvalue weighted by Gasteiger charge is 2.07. The number of benzene rings is 1. The van der Waals surface area contributed by atoms with Gasteiger partial charge < -0.3 is 4.57 Å². The van der Waals surface area contributed by atoms with Crippen LogP contribution in [0.1, 0.15) is 23.8 Å². The lowest BCUT2D eigenvalue weighted by atomic mass is 10.2. The van der Waals surface area contributed by atoms with E-state index in [0.717, 1.165) is 10.2 Å². The zero-order chi connectivity index (χ0) is 11.5. The van der Waals surface area contributed by atoms with Gasteiger partial charge in [-0.3, -0.25) is 4.79 Å². The number of hydrogen-bond acceptors (Lipinski definition) is 2. The molecular formula is C12H11BrN2O. The van der Waals surface area contributed by atoms with Crippen LogP contribution >= 0.6 is 15.9 Å². The fourth-order valence-corrected chi connectivity index (χ4v) is 1.81. The topological polar surface area (TPSA) is 34.9 Å². The first-order valence-corrected chi connectivity index (χ1v) is 5.83. The number of ketones is 1. The second-order valence-electron chi connectivity index (χ2n) is 3.42. The molecule has 0 saturated heterocycles. The van der Waals surface area contributed by atoms with Crippen LogP contribution in [0, 0.1) is 0 Å². The van der Waals surface area contributed by atoms with Crippen molar-refractivity contribution in [3.8, 4) is 5.69 Å². The monoisotopic (exact) mass is 278 g/mol. The molecule has 0 fully saturated rings. The Hall–Kier alpha value is -1.42. The van der Waals surface area contributed by atoms with Crippen LogP contribution < -0.4 is 0 Å². The van der Waals surface area contributed by atoms with Gasteiger partial charge in [0.2, 0.25) is 0 Å². The number of rotatable bonds is 3. The molecule has 0 aliphatic heterocycles. The van der Waals surface area contributed by atoms with Crippen molar-refractivity contribution in [1.29, 1.82) is 0 Å². The molecule has 0 spiro atoms. The molecule has 2 rings (SSSR count). The quantitative estimate of drug-likeness (QED) is 0.808. The van der Waals surface area contributed by atoms with Crippen LogP contribution in [-0.4, -0.2) is 15.3 Å². The molecular weight excluding hydrogens is 268 g/mol. The highest BCUT2D eigenvalue weighted by Crippen LogP contribution is 2.15. The summed E-state index contributed by atoms with van der Waals surface area (Å²) in [7, 11) is 0. The Balaban J connectivity index is 2.35. The maximum atomic E-state index is 11.4. The van der Waals surface area contributed by atoms with Crippen molar-refractivity contribution in [1.82, 2.24) is 9.55 Å². The summed E-state index contributed by atoms with van der Waals surface area (Å²) in [6.07, 6.45) is 3.90. The molecule has 0 bridgehead atoms. The van der Waals surface area contributed by atoms with Gasteiger partial charge in [-0.15, -0.1) is 0 Å². The molecule has 4 heteroatoms. The molecule has 1 aromatic carbocycles. The second kappa shape index (κ2) is 4.61. The Morgan fingerprint density at radius 2 is 2.31 bits per heavy atom. The van der Waals surface area contributed by atoms with Crippen molar-refractivity contribution in [3.05, 3.63) is 47.0 Å². The largest absolute Gasteiger partial charge is 0.306 e. The Morgan fingerprint density at radius 1 is 1.50 bits per heavy atom. The average molecular weight is 279 g/mol. The summed E-state index contributed by atoms with van der Waals surface area (Å²) in [4.78, 5) is 15.5. The molecule has 0 radical (unpaired) electrons. The Labute approximate surface area is 102 Å². The van der Waals surface area contributed by atoms with E-state index in [1.54, 1.807) is 12.5 Å². The number of halogens is 1. The van der Waals surface area contributed by atoms with E-state index in [-0.39, 0.29) is 5.78 Å². The van der Waals surface area contributed by atoms with Crippen molar-refractivity contribution in [2.24, 2.45) is 0 Å². The third-order valence-electron chi connectivity index (χ3n) is 2.30. The highest BCUT2D eigenvalue weighted by molar-refractivity contribution is 9.10. The van der Waals surface area contributed by atoms with Crippen LogP contribution in [-0.2, 0) is 0 Å². The molecule has 0 atom stereocenters. The molecule has 2 aromatic rings. The lowest BCUT2D eigenvalue weighted by Gasteiger charge is -2.01. The van der Waals surface area contributed by atoms with E-state index in [1.807, 2.05) is 35.8 Å². The van der Waals surface area contributed by atoms with E-state index in [1.165, 1.54) is 0 Å². The number of Topliss-reactive ketones (excluding diaryl/α,β-unsaturated/α-hetero) is 1. The van der Waals surface area contributed by atoms with Gasteiger partial charge in [0.15, 0.2) is 5.78 Å². The molecule has 0 saturated carbocycles. The second-order valence-corrected chi connectivity index (χ2v) is 4.34. The predicted octanol–water partition coefficient (Wildman–Crippen LogP) is 3.23. The summed E-state index contributed by atoms with van der Waals surface area (Å²) in [5.41, 5.74) is 1.50. The van der Waals surface area contributed by atoms with Crippen molar-refractivity contribution in [2.45, 2.75) is 13.3 Å². The minimum atomic E-state index is 0.0637. The minimum absolute atomic E-state index is 0.0637. The van der Waals surface area contributed by atoms with Gasteiger partial charge in [0, 0.05) is 22.8 Å². The van der Waals surface area contributed by atoms with Crippen LogP contribution in [0.3, 0.4) is 0 Å². The number of nitrogens with zero attached hydrogens (tertiary/aromatic N) is 2. The van der Waals surface area contributed by atoms with Crippen LogP contribution in [0.25, 0.3) is 5.69 Å². The molecule has 0 aliphatic carbocycles. The van der Waals surface area contributed by atoms with Crippen molar-refractivity contribution < 1.29 is 4.79 Å². The normalized spacial score (nSPS) is 10.4. The maximum Gasteiger partial charge on any atom is 0.182 e. The third kappa shape index (κ3) is 2.22. The van der Waals surface area contributed by atoms with E-state index in [4.69, 9.17) is 0 Å². The first-order valence-electron chi connectivity index (χ1n) is 5.04. The molecule has 16 heavy (non-hydrogen) atoms. The fraction of sp³-hybridized carbons (Fsp3) is 0.167. The molecule has 0 N–H and O–H groups in total. The fourth-order valence-electron chi connectivity index (χ4n) is 1.43. The number of aromatic nitrogens is 2. The summed E-state index contributed by atoms with van der Waals surface area (Å²) in [6, 6.07) is 7.84. The standard InChI is InChI=1S/C12H11BrN2O/c1-2-12(16)11-7-15(8-14-11)10-5-3-4-9(13)6-10/h3-8H,2H2,1H3. The van der Waals surface area contributed by atoms with Crippen molar-refractivity contribution >= 4 is 21.7 Å². The lowest BCUT2D eigenvalue weighted by molar-refractivity contribution is 0.0984. The number of carbonyl (C=O) groups excluding carboxylic acids is 1. The predicted molar refractivity (Wildman–Crippen MR) is 65.9 cm³/mol. The summed E-state index contributed by atoms with van der Waals surface area (Å²) < 4.78 is 2.84. The Kier molecular flexibility index (Phi) is 3.19. The van der Waals surface area contributed by atoms with Gasteiger partial charge in [-0.2, -0.15) is 0 Å². The van der Waals surface area contributed by atoms with Crippen LogP contribution in [0.4, 0.5) is 0 Å². The molecule has 1 heterocycles. The van der Waals surface area contributed by atoms with Crippen LogP contribution in [0.15, 0.2) is 41.3 Å². The van der Waals surface area contributed by atoms with E-state index < -0.39 is 0 Å². The third-order valence-corrected chi connectivity index (χ3v) is 2.79. The zero-order valence-corrected chi connectivity index (χ0v) is 10.4. The zero-order valence-electron chi connectivity index (χ0n) is 8.85. The number of carbonyl (C=O) groups is 1. The van der Waals surface area contributed by atoms with Gasteiger partial charge in [-0.25, -0.2) is 4.98 Å². The summed E-state index contributed by atoms with van der Waals surface area (Å²) in [5, 5.41) is 0. The minimum Gasteiger partial charge on any atom is -0.306 e. The van der Waals surface area contributed by atoms with E-state index in [2.05, 4.69) is 20.9 Å². The smallest absolute Gasteiger partial charge is 0.182 e. The van der Waals surface area contributed by atoms with Crippen molar-refractivity contribution in [2.75, 3.05) is 0 Å². The van der Waals surface area contributed by atoms with Gasteiger partial charge in [-0.05, 0) is 18.2 Å². The number of imidazole rings is 1. The Bertz CT molecular complexity index is 519. The molecule has 0 amide bonds. The van der Waals surface area contributed by atoms with Crippen LogP contribution in [0.5, 0.6) is 0 Å². The van der Waals surface area contributed by atoms with Gasteiger partial charge in [0.05, 0.1) is 0 Å². The SMILES string of the molecule is CCC(=O)c1cn(-c2cccc(Br)c2)cn1. The number of hydrogen-bond donors (Lipinski definition) is 0.